The minimum Gasteiger partial charge on any atom is -0.390 e. The Morgan fingerprint density at radius 2 is 1.56 bits per heavy atom. The van der Waals surface area contributed by atoms with Gasteiger partial charge in [-0.1, -0.05) is 52.9 Å². The average molecular weight is 226 g/mol. The number of aliphatic hydroxyl groups is 1. The number of hydrogen-bond donors (Lipinski definition) is 1. The van der Waals surface area contributed by atoms with E-state index in [0.717, 1.165) is 19.3 Å². The molecule has 0 aromatic rings. The molecule has 0 spiro atoms. The standard InChI is InChI=1S/C15H30O/c1-4-5-6-7-8-9-15(16)11-13(2)10-14(3)12-15/h13-14,16H,4-12H2,1-3H3. The topological polar surface area (TPSA) is 20.2 Å². The van der Waals surface area contributed by atoms with Crippen LogP contribution in [0.5, 0.6) is 0 Å². The van der Waals surface area contributed by atoms with E-state index in [2.05, 4.69) is 20.8 Å². The summed E-state index contributed by atoms with van der Waals surface area (Å²) in [6.45, 7) is 6.83. The molecule has 1 heteroatoms. The molecule has 16 heavy (non-hydrogen) atoms. The van der Waals surface area contributed by atoms with E-state index in [0.29, 0.717) is 11.8 Å². The number of unbranched alkanes of at least 4 members (excludes halogenated alkanes) is 4. The highest BCUT2D eigenvalue weighted by Gasteiger charge is 2.35. The van der Waals surface area contributed by atoms with E-state index in [1.165, 1.54) is 38.5 Å². The molecule has 0 amide bonds. The van der Waals surface area contributed by atoms with Crippen molar-refractivity contribution < 1.29 is 5.11 Å². The Hall–Kier alpha value is -0.0400. The van der Waals surface area contributed by atoms with Gasteiger partial charge in [0.25, 0.3) is 0 Å². The van der Waals surface area contributed by atoms with E-state index < -0.39 is 0 Å². The van der Waals surface area contributed by atoms with Gasteiger partial charge in [0.15, 0.2) is 0 Å². The molecule has 0 aromatic carbocycles. The van der Waals surface area contributed by atoms with Crippen LogP contribution in [0.1, 0.15) is 78.6 Å². The van der Waals surface area contributed by atoms with Crippen molar-refractivity contribution >= 4 is 0 Å². The van der Waals surface area contributed by atoms with Gasteiger partial charge >= 0.3 is 0 Å². The first-order chi connectivity index (χ1) is 7.56. The molecular weight excluding hydrogens is 196 g/mol. The number of rotatable bonds is 6. The molecule has 1 aliphatic carbocycles. The highest BCUT2D eigenvalue weighted by Crippen LogP contribution is 2.38. The first-order valence-corrected chi connectivity index (χ1v) is 7.28. The van der Waals surface area contributed by atoms with Crippen molar-refractivity contribution in [2.24, 2.45) is 11.8 Å². The predicted molar refractivity (Wildman–Crippen MR) is 70.5 cm³/mol. The fourth-order valence-corrected chi connectivity index (χ4v) is 3.50. The zero-order valence-corrected chi connectivity index (χ0v) is 11.5. The molecule has 0 aliphatic heterocycles. The lowest BCUT2D eigenvalue weighted by atomic mass is 9.72. The predicted octanol–water partition coefficient (Wildman–Crippen LogP) is 4.53. The fraction of sp³-hybridized carbons (Fsp3) is 1.00. The summed E-state index contributed by atoms with van der Waals surface area (Å²) in [5.41, 5.74) is -0.330. The smallest absolute Gasteiger partial charge is 0.0652 e. The van der Waals surface area contributed by atoms with Crippen molar-refractivity contribution in [2.45, 2.75) is 84.2 Å². The van der Waals surface area contributed by atoms with Crippen molar-refractivity contribution in [1.82, 2.24) is 0 Å². The summed E-state index contributed by atoms with van der Waals surface area (Å²) in [4.78, 5) is 0. The van der Waals surface area contributed by atoms with E-state index >= 15 is 0 Å². The second kappa shape index (κ2) is 6.64. The third kappa shape index (κ3) is 4.86. The highest BCUT2D eigenvalue weighted by atomic mass is 16.3. The summed E-state index contributed by atoms with van der Waals surface area (Å²) in [6, 6.07) is 0. The Morgan fingerprint density at radius 3 is 2.12 bits per heavy atom. The molecule has 2 atom stereocenters. The molecule has 0 saturated heterocycles. The third-order valence-electron chi connectivity index (χ3n) is 4.01. The Kier molecular flexibility index (Phi) is 5.82. The molecule has 0 bridgehead atoms. The molecule has 1 N–H and O–H groups in total. The van der Waals surface area contributed by atoms with Gasteiger partial charge < -0.3 is 5.11 Å². The van der Waals surface area contributed by atoms with Gasteiger partial charge in [0.1, 0.15) is 0 Å². The Bertz CT molecular complexity index is 178. The van der Waals surface area contributed by atoms with Crippen LogP contribution in [-0.4, -0.2) is 10.7 Å². The van der Waals surface area contributed by atoms with E-state index in [4.69, 9.17) is 0 Å². The second-order valence-electron chi connectivity index (χ2n) is 6.24. The number of hydrogen-bond acceptors (Lipinski definition) is 1. The molecule has 1 nitrogen and oxygen atoms in total. The van der Waals surface area contributed by atoms with Gasteiger partial charge in [-0.25, -0.2) is 0 Å². The van der Waals surface area contributed by atoms with Crippen LogP contribution in [0.2, 0.25) is 0 Å². The van der Waals surface area contributed by atoms with Crippen molar-refractivity contribution in [3.05, 3.63) is 0 Å². The van der Waals surface area contributed by atoms with Crippen molar-refractivity contribution in [3.8, 4) is 0 Å². The van der Waals surface area contributed by atoms with Crippen LogP contribution < -0.4 is 0 Å². The van der Waals surface area contributed by atoms with Crippen molar-refractivity contribution in [2.75, 3.05) is 0 Å². The zero-order chi connectivity index (χ0) is 12.0. The van der Waals surface area contributed by atoms with Gasteiger partial charge in [-0.2, -0.15) is 0 Å². The average Bonchev–Trinajstić information content (AvgIpc) is 2.15. The lowest BCUT2D eigenvalue weighted by molar-refractivity contribution is -0.0392. The molecule has 96 valence electrons. The summed E-state index contributed by atoms with van der Waals surface area (Å²) in [5, 5.41) is 10.6. The maximum Gasteiger partial charge on any atom is 0.0652 e. The molecular formula is C15H30O. The molecule has 0 radical (unpaired) electrons. The minimum absolute atomic E-state index is 0.330. The maximum atomic E-state index is 10.6. The van der Waals surface area contributed by atoms with Crippen LogP contribution in [0.4, 0.5) is 0 Å². The summed E-state index contributed by atoms with van der Waals surface area (Å²) >= 11 is 0. The zero-order valence-electron chi connectivity index (χ0n) is 11.5. The molecule has 0 aromatic heterocycles. The summed E-state index contributed by atoms with van der Waals surface area (Å²) in [7, 11) is 0. The molecule has 1 aliphatic rings. The third-order valence-corrected chi connectivity index (χ3v) is 4.01. The van der Waals surface area contributed by atoms with Crippen LogP contribution in [0.25, 0.3) is 0 Å². The van der Waals surface area contributed by atoms with Crippen molar-refractivity contribution in [1.29, 1.82) is 0 Å². The SMILES string of the molecule is CCCCCCCC1(O)CC(C)CC(C)C1. The Balaban J connectivity index is 2.22. The van der Waals surface area contributed by atoms with Crippen LogP contribution in [-0.2, 0) is 0 Å². The molecule has 1 fully saturated rings. The van der Waals surface area contributed by atoms with Gasteiger partial charge in [0, 0.05) is 0 Å². The first kappa shape index (κ1) is 14.0. The van der Waals surface area contributed by atoms with Crippen LogP contribution >= 0.6 is 0 Å². The van der Waals surface area contributed by atoms with Gasteiger partial charge in [0.2, 0.25) is 0 Å². The second-order valence-corrected chi connectivity index (χ2v) is 6.24. The van der Waals surface area contributed by atoms with Gasteiger partial charge in [-0.3, -0.25) is 0 Å². The lowest BCUT2D eigenvalue weighted by Gasteiger charge is -2.39. The quantitative estimate of drug-likeness (QED) is 0.660. The van der Waals surface area contributed by atoms with Gasteiger partial charge in [0.05, 0.1) is 5.60 Å². The fourth-order valence-electron chi connectivity index (χ4n) is 3.50. The molecule has 1 saturated carbocycles. The largest absolute Gasteiger partial charge is 0.390 e. The van der Waals surface area contributed by atoms with E-state index in [1.54, 1.807) is 0 Å². The summed E-state index contributed by atoms with van der Waals surface area (Å²) in [6.07, 6.45) is 10.9. The summed E-state index contributed by atoms with van der Waals surface area (Å²) in [5.74, 6) is 1.42. The van der Waals surface area contributed by atoms with Gasteiger partial charge in [-0.15, -0.1) is 0 Å². The highest BCUT2D eigenvalue weighted by molar-refractivity contribution is 4.87. The van der Waals surface area contributed by atoms with Gasteiger partial charge in [-0.05, 0) is 37.5 Å². The molecule has 0 heterocycles. The van der Waals surface area contributed by atoms with E-state index in [-0.39, 0.29) is 5.60 Å². The normalized spacial score (nSPS) is 35.2. The first-order valence-electron chi connectivity index (χ1n) is 7.28. The van der Waals surface area contributed by atoms with Crippen molar-refractivity contribution in [3.63, 3.8) is 0 Å². The van der Waals surface area contributed by atoms with E-state index in [1.807, 2.05) is 0 Å². The lowest BCUT2D eigenvalue weighted by Crippen LogP contribution is -2.37. The van der Waals surface area contributed by atoms with E-state index in [9.17, 15) is 5.11 Å². The Morgan fingerprint density at radius 1 is 1.00 bits per heavy atom. The molecule has 1 rings (SSSR count). The van der Waals surface area contributed by atoms with Crippen LogP contribution in [0.3, 0.4) is 0 Å². The monoisotopic (exact) mass is 226 g/mol. The van der Waals surface area contributed by atoms with Crippen LogP contribution in [0, 0.1) is 11.8 Å². The summed E-state index contributed by atoms with van der Waals surface area (Å²) < 4.78 is 0. The Labute approximate surface area is 102 Å². The van der Waals surface area contributed by atoms with Crippen LogP contribution in [0.15, 0.2) is 0 Å². The minimum atomic E-state index is -0.330. The molecule has 2 unspecified atom stereocenters. The maximum absolute atomic E-state index is 10.6.